The first kappa shape index (κ1) is 9.35. The van der Waals surface area contributed by atoms with E-state index in [1.807, 2.05) is 28.8 Å². The Kier molecular flexibility index (Phi) is 2.11. The van der Waals surface area contributed by atoms with Crippen LogP contribution in [0.3, 0.4) is 0 Å². The van der Waals surface area contributed by atoms with Crippen molar-refractivity contribution in [1.29, 1.82) is 0 Å². The third-order valence-corrected chi connectivity index (χ3v) is 2.78. The quantitative estimate of drug-likeness (QED) is 0.710. The molecular formula is C11H12N4O. The third-order valence-electron chi connectivity index (χ3n) is 2.78. The van der Waals surface area contributed by atoms with Gasteiger partial charge >= 0.3 is 0 Å². The van der Waals surface area contributed by atoms with Gasteiger partial charge in [0.15, 0.2) is 0 Å². The highest BCUT2D eigenvalue weighted by Gasteiger charge is 2.25. The van der Waals surface area contributed by atoms with Gasteiger partial charge in [0.1, 0.15) is 11.7 Å². The van der Waals surface area contributed by atoms with Gasteiger partial charge in [-0.3, -0.25) is 10.1 Å². The standard InChI is InChI=1S/C11H12N4O/c16-11-10(12-4-5-13-11)8-7-14-9-3-1-2-6-15(8)9/h1-3,6-7,10,12H,4-5H2,(H,13,16). The zero-order chi connectivity index (χ0) is 11.0. The van der Waals surface area contributed by atoms with Crippen LogP contribution in [0.2, 0.25) is 0 Å². The van der Waals surface area contributed by atoms with Crippen molar-refractivity contribution in [2.75, 3.05) is 13.1 Å². The SMILES string of the molecule is O=C1NCCNC1c1cnc2ccccn12. The second kappa shape index (κ2) is 3.61. The van der Waals surface area contributed by atoms with Gasteiger partial charge in [-0.25, -0.2) is 4.98 Å². The molecule has 3 rings (SSSR count). The number of nitrogens with zero attached hydrogens (tertiary/aromatic N) is 2. The zero-order valence-electron chi connectivity index (χ0n) is 8.68. The Morgan fingerprint density at radius 3 is 3.19 bits per heavy atom. The molecule has 5 heteroatoms. The monoisotopic (exact) mass is 216 g/mol. The number of pyridine rings is 1. The molecule has 16 heavy (non-hydrogen) atoms. The Bertz CT molecular complexity index is 534. The van der Waals surface area contributed by atoms with Crippen LogP contribution in [0.5, 0.6) is 0 Å². The summed E-state index contributed by atoms with van der Waals surface area (Å²) in [6.45, 7) is 1.47. The van der Waals surface area contributed by atoms with Gasteiger partial charge in [-0.15, -0.1) is 0 Å². The van der Waals surface area contributed by atoms with Gasteiger partial charge in [0.2, 0.25) is 5.91 Å². The maximum Gasteiger partial charge on any atom is 0.243 e. The highest BCUT2D eigenvalue weighted by Crippen LogP contribution is 2.16. The van der Waals surface area contributed by atoms with Crippen LogP contribution in [0.4, 0.5) is 0 Å². The van der Waals surface area contributed by atoms with Crippen LogP contribution in [0.15, 0.2) is 30.6 Å². The van der Waals surface area contributed by atoms with Crippen molar-refractivity contribution in [3.63, 3.8) is 0 Å². The van der Waals surface area contributed by atoms with Gasteiger partial charge < -0.3 is 9.72 Å². The molecule has 5 nitrogen and oxygen atoms in total. The van der Waals surface area contributed by atoms with E-state index in [-0.39, 0.29) is 11.9 Å². The van der Waals surface area contributed by atoms with E-state index >= 15 is 0 Å². The molecule has 1 fully saturated rings. The zero-order valence-corrected chi connectivity index (χ0v) is 8.68. The average Bonchev–Trinajstić information content (AvgIpc) is 2.74. The Morgan fingerprint density at radius 2 is 2.31 bits per heavy atom. The number of fused-ring (bicyclic) bond motifs is 1. The van der Waals surface area contributed by atoms with E-state index in [9.17, 15) is 4.79 Å². The topological polar surface area (TPSA) is 58.4 Å². The van der Waals surface area contributed by atoms with Gasteiger partial charge in [-0.1, -0.05) is 6.07 Å². The van der Waals surface area contributed by atoms with Crippen molar-refractivity contribution in [3.05, 3.63) is 36.3 Å². The fourth-order valence-electron chi connectivity index (χ4n) is 2.00. The van der Waals surface area contributed by atoms with Crippen molar-refractivity contribution in [3.8, 4) is 0 Å². The number of nitrogens with one attached hydrogen (secondary N) is 2. The molecule has 82 valence electrons. The van der Waals surface area contributed by atoms with Crippen LogP contribution in [0, 0.1) is 0 Å². The molecule has 1 aliphatic heterocycles. The lowest BCUT2D eigenvalue weighted by Gasteiger charge is -2.22. The number of piperazine rings is 1. The van der Waals surface area contributed by atoms with Crippen molar-refractivity contribution in [2.24, 2.45) is 0 Å². The molecule has 2 aromatic rings. The van der Waals surface area contributed by atoms with Crippen LogP contribution >= 0.6 is 0 Å². The number of rotatable bonds is 1. The van der Waals surface area contributed by atoms with E-state index in [0.29, 0.717) is 6.54 Å². The number of amides is 1. The molecule has 0 saturated carbocycles. The molecule has 0 aromatic carbocycles. The molecule has 0 radical (unpaired) electrons. The Balaban J connectivity index is 2.08. The predicted octanol–water partition coefficient (Wildman–Crippen LogP) is 0.0948. The molecule has 2 aromatic heterocycles. The lowest BCUT2D eigenvalue weighted by molar-refractivity contribution is -0.124. The number of imidazole rings is 1. The fraction of sp³-hybridized carbons (Fsp3) is 0.273. The smallest absolute Gasteiger partial charge is 0.243 e. The molecule has 1 amide bonds. The van der Waals surface area contributed by atoms with Gasteiger partial charge in [0, 0.05) is 19.3 Å². The van der Waals surface area contributed by atoms with Crippen molar-refractivity contribution < 1.29 is 4.79 Å². The van der Waals surface area contributed by atoms with Crippen LogP contribution in [-0.4, -0.2) is 28.4 Å². The molecule has 1 atom stereocenters. The van der Waals surface area contributed by atoms with Gasteiger partial charge in [0.05, 0.1) is 11.9 Å². The molecule has 0 bridgehead atoms. The Morgan fingerprint density at radius 1 is 1.38 bits per heavy atom. The maximum absolute atomic E-state index is 11.7. The maximum atomic E-state index is 11.7. The summed E-state index contributed by atoms with van der Waals surface area (Å²) in [6, 6.07) is 5.48. The van der Waals surface area contributed by atoms with Crippen LogP contribution in [0.25, 0.3) is 5.65 Å². The van der Waals surface area contributed by atoms with Crippen molar-refractivity contribution in [2.45, 2.75) is 6.04 Å². The fourth-order valence-corrected chi connectivity index (χ4v) is 2.00. The largest absolute Gasteiger partial charge is 0.353 e. The third kappa shape index (κ3) is 1.37. The molecule has 1 aliphatic rings. The summed E-state index contributed by atoms with van der Waals surface area (Å²) in [4.78, 5) is 16.0. The van der Waals surface area contributed by atoms with Crippen molar-refractivity contribution >= 4 is 11.6 Å². The van der Waals surface area contributed by atoms with E-state index in [2.05, 4.69) is 15.6 Å². The van der Waals surface area contributed by atoms with E-state index in [1.54, 1.807) is 6.20 Å². The van der Waals surface area contributed by atoms with Crippen LogP contribution in [0.1, 0.15) is 11.7 Å². The first-order chi connectivity index (χ1) is 7.86. The van der Waals surface area contributed by atoms with E-state index in [4.69, 9.17) is 0 Å². The first-order valence-electron chi connectivity index (χ1n) is 5.29. The van der Waals surface area contributed by atoms with E-state index < -0.39 is 0 Å². The van der Waals surface area contributed by atoms with Crippen molar-refractivity contribution in [1.82, 2.24) is 20.0 Å². The summed E-state index contributed by atoms with van der Waals surface area (Å²) in [5.74, 6) is 0.0110. The average molecular weight is 216 g/mol. The summed E-state index contributed by atoms with van der Waals surface area (Å²) >= 11 is 0. The minimum atomic E-state index is -0.300. The molecule has 1 saturated heterocycles. The number of carbonyl (C=O) groups is 1. The summed E-state index contributed by atoms with van der Waals surface area (Å²) < 4.78 is 1.93. The lowest BCUT2D eigenvalue weighted by atomic mass is 10.1. The predicted molar refractivity (Wildman–Crippen MR) is 58.9 cm³/mol. The number of hydrogen-bond donors (Lipinski definition) is 2. The normalized spacial score (nSPS) is 21.0. The first-order valence-corrected chi connectivity index (χ1v) is 5.29. The van der Waals surface area contributed by atoms with Gasteiger partial charge in [0.25, 0.3) is 0 Å². The number of carbonyl (C=O) groups excluding carboxylic acids is 1. The summed E-state index contributed by atoms with van der Waals surface area (Å²) in [6.07, 6.45) is 3.67. The number of aromatic nitrogens is 2. The van der Waals surface area contributed by atoms with Gasteiger partial charge in [-0.05, 0) is 12.1 Å². The molecule has 0 spiro atoms. The van der Waals surface area contributed by atoms with E-state index in [1.165, 1.54) is 0 Å². The van der Waals surface area contributed by atoms with E-state index in [0.717, 1.165) is 17.9 Å². The van der Waals surface area contributed by atoms with Crippen LogP contribution < -0.4 is 10.6 Å². The summed E-state index contributed by atoms with van der Waals surface area (Å²) in [7, 11) is 0. The Labute approximate surface area is 92.5 Å². The lowest BCUT2D eigenvalue weighted by Crippen LogP contribution is -2.47. The minimum Gasteiger partial charge on any atom is -0.353 e. The summed E-state index contributed by atoms with van der Waals surface area (Å²) in [5, 5.41) is 6.03. The Hall–Kier alpha value is -1.88. The molecule has 0 aliphatic carbocycles. The van der Waals surface area contributed by atoms with Gasteiger partial charge in [-0.2, -0.15) is 0 Å². The molecule has 1 unspecified atom stereocenters. The second-order valence-electron chi connectivity index (χ2n) is 3.79. The minimum absolute atomic E-state index is 0.0110. The summed E-state index contributed by atoms with van der Waals surface area (Å²) in [5.41, 5.74) is 1.74. The highest BCUT2D eigenvalue weighted by atomic mass is 16.2. The van der Waals surface area contributed by atoms with Crippen LogP contribution in [-0.2, 0) is 4.79 Å². The molecule has 2 N–H and O–H groups in total. The second-order valence-corrected chi connectivity index (χ2v) is 3.79. The molecule has 3 heterocycles. The highest BCUT2D eigenvalue weighted by molar-refractivity contribution is 5.83. The molecular weight excluding hydrogens is 204 g/mol. The number of hydrogen-bond acceptors (Lipinski definition) is 3.